The molecule has 0 spiro atoms. The molecule has 22 nitrogen and oxygen atoms in total. The Balaban J connectivity index is -0.000000175. The summed E-state index contributed by atoms with van der Waals surface area (Å²) in [5.41, 5.74) is 0. The summed E-state index contributed by atoms with van der Waals surface area (Å²) in [6.07, 6.45) is 17.7. The monoisotopic (exact) mass is 1490 g/mol. The summed E-state index contributed by atoms with van der Waals surface area (Å²) in [6.45, 7) is 59.2. The first-order valence-electron chi connectivity index (χ1n) is 39.5. The summed E-state index contributed by atoms with van der Waals surface area (Å²) in [5, 5.41) is 13.7. The molecule has 0 saturated heterocycles. The lowest BCUT2D eigenvalue weighted by atomic mass is 10.1. The third-order valence-electron chi connectivity index (χ3n) is 15.4. The summed E-state index contributed by atoms with van der Waals surface area (Å²) >= 11 is 1.81. The van der Waals surface area contributed by atoms with Crippen LogP contribution in [-0.2, 0) is 76.1 Å². The van der Waals surface area contributed by atoms with Gasteiger partial charge in [0.25, 0.3) is 0 Å². The molecule has 5 amide bonds. The van der Waals surface area contributed by atoms with Crippen molar-refractivity contribution in [2.45, 2.75) is 280 Å². The third-order valence-corrected chi connectivity index (χ3v) is 16.5. The van der Waals surface area contributed by atoms with Gasteiger partial charge in [0.1, 0.15) is 6.10 Å². The lowest BCUT2D eigenvalue weighted by molar-refractivity contribution is -0.140. The van der Waals surface area contributed by atoms with E-state index < -0.39 is 0 Å². The van der Waals surface area contributed by atoms with E-state index in [2.05, 4.69) is 140 Å². The van der Waals surface area contributed by atoms with Gasteiger partial charge in [0.15, 0.2) is 0 Å². The zero-order valence-electron chi connectivity index (χ0n) is 70.3. The van der Waals surface area contributed by atoms with E-state index in [4.69, 9.17) is 37.9 Å². The number of amides is 5. The fourth-order valence-corrected chi connectivity index (χ4v) is 7.50. The van der Waals surface area contributed by atoms with Crippen molar-refractivity contribution >= 4 is 53.4 Å². The number of thioether (sulfide) groups is 1. The van der Waals surface area contributed by atoms with E-state index in [1.807, 2.05) is 34.6 Å². The Morgan fingerprint density at radius 1 is 0.353 bits per heavy atom. The fraction of sp³-hybridized carbons (Fsp3) is 0.911. The predicted octanol–water partition coefficient (Wildman–Crippen LogP) is 15.8. The van der Waals surface area contributed by atoms with E-state index in [1.165, 1.54) is 53.2 Å². The van der Waals surface area contributed by atoms with Gasteiger partial charge in [-0.2, -0.15) is 11.8 Å². The minimum Gasteiger partial charge on any atom is -0.469 e. The van der Waals surface area contributed by atoms with Gasteiger partial charge in [0.2, 0.25) is 23.6 Å². The Hall–Kier alpha value is -3.84. The van der Waals surface area contributed by atoms with Crippen molar-refractivity contribution in [3.8, 4) is 0 Å². The Kier molecular flexibility index (Phi) is 106. The molecule has 0 radical (unpaired) electrons. The molecule has 0 aliphatic carbocycles. The van der Waals surface area contributed by atoms with Crippen molar-refractivity contribution < 1.29 is 80.9 Å². The molecular formula is C79H165N5O17S. The number of rotatable bonds is 55. The van der Waals surface area contributed by atoms with Gasteiger partial charge >= 0.3 is 18.0 Å². The maximum atomic E-state index is 11.5. The average molecular weight is 1490 g/mol. The van der Waals surface area contributed by atoms with Crippen LogP contribution < -0.4 is 26.6 Å². The highest BCUT2D eigenvalue weighted by Gasteiger charge is 2.13. The molecule has 23 heteroatoms. The molecule has 7 unspecified atom stereocenters. The summed E-state index contributed by atoms with van der Waals surface area (Å²) in [5.74, 6) is 5.91. The topological polar surface area (TPSA) is 272 Å². The molecule has 0 bridgehead atoms. The number of esters is 2. The highest BCUT2D eigenvalue weighted by Crippen LogP contribution is 2.10. The predicted molar refractivity (Wildman–Crippen MR) is 424 cm³/mol. The van der Waals surface area contributed by atoms with Gasteiger partial charge in [-0.1, -0.05) is 175 Å². The molecule has 614 valence electrons. The normalized spacial score (nSPS) is 12.6. The third kappa shape index (κ3) is 110. The van der Waals surface area contributed by atoms with Crippen LogP contribution in [-0.4, -0.2) is 199 Å². The number of hydrogen-bond donors (Lipinski definition) is 5. The van der Waals surface area contributed by atoms with Gasteiger partial charge in [-0.3, -0.25) is 28.8 Å². The Morgan fingerprint density at radius 3 is 1.13 bits per heavy atom. The molecule has 5 N–H and O–H groups in total. The lowest BCUT2D eigenvalue weighted by Crippen LogP contribution is -2.28. The van der Waals surface area contributed by atoms with Crippen molar-refractivity contribution in [3.63, 3.8) is 0 Å². The number of hydrogen-bond acceptors (Lipinski definition) is 18. The van der Waals surface area contributed by atoms with Crippen LogP contribution in [0.25, 0.3) is 0 Å². The highest BCUT2D eigenvalue weighted by atomic mass is 32.2. The number of carbonyl (C=O) groups is 7. The first-order valence-corrected chi connectivity index (χ1v) is 40.6. The van der Waals surface area contributed by atoms with Crippen LogP contribution in [0.4, 0.5) is 4.79 Å². The smallest absolute Gasteiger partial charge is 0.407 e. The number of nitrogens with one attached hydrogen (secondary N) is 5. The second-order valence-corrected chi connectivity index (χ2v) is 27.0. The van der Waals surface area contributed by atoms with Crippen LogP contribution in [0, 0.1) is 41.4 Å². The van der Waals surface area contributed by atoms with Crippen LogP contribution in [0.5, 0.6) is 0 Å². The van der Waals surface area contributed by atoms with Gasteiger partial charge in [-0.15, -0.1) is 0 Å². The zero-order chi connectivity index (χ0) is 79.3. The van der Waals surface area contributed by atoms with Crippen molar-refractivity contribution in [2.75, 3.05) is 151 Å². The first-order chi connectivity index (χ1) is 48.7. The van der Waals surface area contributed by atoms with Crippen molar-refractivity contribution in [1.29, 1.82) is 0 Å². The van der Waals surface area contributed by atoms with E-state index in [0.29, 0.717) is 115 Å². The van der Waals surface area contributed by atoms with Crippen LogP contribution >= 0.6 is 11.8 Å². The average Bonchev–Trinajstić information content (AvgIpc) is 3.76. The number of ether oxygens (including phenoxy) is 10. The standard InChI is InChI=1S/C21H43NO4S.C16H32N2O3.C10H21NO2.C10H22O.C8H17NO2.C7H16O.C4H8O2.C3H6O2/c1-6-18(4)14-24-16-20(17-25-15-19(5)7-2)26-11-9-12-27-13-10-21(23)22-8-3;1-4-14(3)13-21-12-8-6-7-11-18-16(20)10-9-15(19)17-5-2;1-4-9(3)8-13-7-6-11-10(12)5-2;1-4-6-7-8-11-9-10(3)5-2;1-4-7(3)6-11-8(10)9-5-2;1-4-7(3)6-8-5-2;1-3-4(5)6-2;1-3(4)5-2/h18-20H,6-17H2,1-5H3,(H,22,23);14H,4-13H2,1-3H3,(H,17,19)(H,18,20);9H,4-8H2,1-3H3,(H,11,12);10H,4-9H2,1-3H3;7H,4-6H2,1-3H3,(H,9,10);7H,4-6H2,1-3H3;3H2,1-2H3;1-2H3. The van der Waals surface area contributed by atoms with Crippen LogP contribution in [0.15, 0.2) is 0 Å². The van der Waals surface area contributed by atoms with Crippen molar-refractivity contribution in [1.82, 2.24) is 26.6 Å². The molecule has 0 aromatic rings. The molecule has 0 fully saturated rings. The molecule has 0 heterocycles. The minimum absolute atomic E-state index is 0.00144. The second kappa shape index (κ2) is 95.2. The minimum atomic E-state index is -0.312. The van der Waals surface area contributed by atoms with Gasteiger partial charge in [0.05, 0.1) is 40.6 Å². The number of methoxy groups -OCH3 is 2. The van der Waals surface area contributed by atoms with E-state index in [0.717, 1.165) is 141 Å². The molecule has 0 aliphatic rings. The van der Waals surface area contributed by atoms with Crippen LogP contribution in [0.2, 0.25) is 0 Å². The molecule has 102 heavy (non-hydrogen) atoms. The molecule has 0 aliphatic heterocycles. The molecule has 0 aromatic heterocycles. The summed E-state index contributed by atoms with van der Waals surface area (Å²) in [7, 11) is 2.73. The molecule has 0 rings (SSSR count). The van der Waals surface area contributed by atoms with E-state index in [1.54, 1.807) is 18.7 Å². The van der Waals surface area contributed by atoms with Gasteiger partial charge in [-0.25, -0.2) is 4.79 Å². The van der Waals surface area contributed by atoms with Gasteiger partial charge in [0, 0.05) is 144 Å². The highest BCUT2D eigenvalue weighted by molar-refractivity contribution is 7.99. The zero-order valence-corrected chi connectivity index (χ0v) is 71.1. The fourth-order valence-electron chi connectivity index (χ4n) is 6.64. The molecule has 0 saturated carbocycles. The summed E-state index contributed by atoms with van der Waals surface area (Å²) < 4.78 is 52.5. The molecule has 7 atom stereocenters. The Bertz CT molecular complexity index is 1740. The SMILES string of the molecule is CCC(=O)NCCOCC(C)CC.CCC(=O)OC.CCCCCOCC(C)CC.CCNC(=O)CCC(=O)NCCCCCOCC(C)CC.CCNC(=O)CCSCCCOC(COCC(C)CC)COCC(C)CC.CCNC(=O)OCC(C)CC.CCOCC(C)CC.COC(C)=O. The van der Waals surface area contributed by atoms with E-state index >= 15 is 0 Å². The quantitative estimate of drug-likeness (QED) is 0.0215. The van der Waals surface area contributed by atoms with E-state index in [9.17, 15) is 33.6 Å². The number of carbonyl (C=O) groups excluding carboxylic acids is 7. The molecular weight excluding hydrogens is 1320 g/mol. The van der Waals surface area contributed by atoms with Crippen LogP contribution in [0.1, 0.15) is 274 Å². The van der Waals surface area contributed by atoms with Crippen molar-refractivity contribution in [2.24, 2.45) is 41.4 Å². The van der Waals surface area contributed by atoms with Crippen molar-refractivity contribution in [3.05, 3.63) is 0 Å². The maximum absolute atomic E-state index is 11.5. The Morgan fingerprint density at radius 2 is 0.745 bits per heavy atom. The first kappa shape index (κ1) is 114. The summed E-state index contributed by atoms with van der Waals surface area (Å²) in [6, 6.07) is 0. The van der Waals surface area contributed by atoms with Gasteiger partial charge < -0.3 is 74.0 Å². The molecule has 0 aromatic carbocycles. The van der Waals surface area contributed by atoms with E-state index in [-0.39, 0.29) is 60.6 Å². The Labute approximate surface area is 630 Å². The van der Waals surface area contributed by atoms with Crippen LogP contribution in [0.3, 0.4) is 0 Å². The second-order valence-electron chi connectivity index (χ2n) is 25.7. The maximum Gasteiger partial charge on any atom is 0.407 e. The summed E-state index contributed by atoms with van der Waals surface area (Å²) in [4.78, 5) is 75.1. The number of unbranched alkanes of at least 4 members (excludes halogenated alkanes) is 4. The number of alkyl carbamates (subject to hydrolysis) is 1. The lowest BCUT2D eigenvalue weighted by Gasteiger charge is -2.20. The van der Waals surface area contributed by atoms with Gasteiger partial charge in [-0.05, 0) is 107 Å². The largest absolute Gasteiger partial charge is 0.469 e.